The lowest BCUT2D eigenvalue weighted by Crippen LogP contribution is -2.02. The molecule has 0 saturated heterocycles. The number of nitrogens with zero attached hydrogens (tertiary/aromatic N) is 1. The van der Waals surface area contributed by atoms with Crippen molar-refractivity contribution in [2.45, 2.75) is 19.4 Å². The van der Waals surface area contributed by atoms with Crippen molar-refractivity contribution in [1.82, 2.24) is 4.98 Å². The summed E-state index contributed by atoms with van der Waals surface area (Å²) in [7, 11) is 0. The molecule has 1 heterocycles. The highest BCUT2D eigenvalue weighted by molar-refractivity contribution is 4.89. The van der Waals surface area contributed by atoms with Gasteiger partial charge < -0.3 is 9.52 Å². The summed E-state index contributed by atoms with van der Waals surface area (Å²) in [6.07, 6.45) is 3.16. The second kappa shape index (κ2) is 2.64. The zero-order valence-corrected chi connectivity index (χ0v) is 5.24. The molecule has 0 fully saturated rings. The third-order valence-electron chi connectivity index (χ3n) is 0.980. The fourth-order valence-electron chi connectivity index (χ4n) is 0.634. The first-order valence-corrected chi connectivity index (χ1v) is 2.84. The summed E-state index contributed by atoms with van der Waals surface area (Å²) in [5.41, 5.74) is 0. The van der Waals surface area contributed by atoms with E-state index in [2.05, 4.69) is 4.98 Å². The molecule has 1 aromatic heterocycles. The molecule has 0 saturated carbocycles. The molecule has 0 aliphatic carbocycles. The minimum absolute atomic E-state index is 0.349. The van der Waals surface area contributed by atoms with E-state index in [0.717, 1.165) is 5.76 Å². The topological polar surface area (TPSA) is 46.3 Å². The van der Waals surface area contributed by atoms with Crippen molar-refractivity contribution in [1.29, 1.82) is 0 Å². The zero-order chi connectivity index (χ0) is 6.69. The lowest BCUT2D eigenvalue weighted by Gasteiger charge is -1.96. The van der Waals surface area contributed by atoms with E-state index in [1.54, 1.807) is 13.1 Å². The zero-order valence-electron chi connectivity index (χ0n) is 5.24. The van der Waals surface area contributed by atoms with Crippen LogP contribution in [0.1, 0.15) is 12.7 Å². The third kappa shape index (κ3) is 1.85. The summed E-state index contributed by atoms with van der Waals surface area (Å²) in [4.78, 5) is 3.70. The number of oxazole rings is 1. The second-order valence-electron chi connectivity index (χ2n) is 2.02. The highest BCUT2D eigenvalue weighted by atomic mass is 16.3. The quantitative estimate of drug-likeness (QED) is 0.632. The van der Waals surface area contributed by atoms with Crippen LogP contribution in [0.25, 0.3) is 0 Å². The maximum absolute atomic E-state index is 8.84. The molecule has 0 aromatic carbocycles. The van der Waals surface area contributed by atoms with Gasteiger partial charge in [0.1, 0.15) is 5.76 Å². The van der Waals surface area contributed by atoms with E-state index < -0.39 is 0 Å². The molecule has 0 amide bonds. The van der Waals surface area contributed by atoms with Crippen molar-refractivity contribution >= 4 is 0 Å². The molecule has 0 bridgehead atoms. The van der Waals surface area contributed by atoms with E-state index in [9.17, 15) is 0 Å². The number of aliphatic hydroxyl groups is 1. The summed E-state index contributed by atoms with van der Waals surface area (Å²) in [5.74, 6) is 0.727. The molecule has 50 valence electrons. The Balaban J connectivity index is 2.48. The van der Waals surface area contributed by atoms with Crippen molar-refractivity contribution in [3.63, 3.8) is 0 Å². The second-order valence-corrected chi connectivity index (χ2v) is 2.02. The Morgan fingerprint density at radius 3 is 3.11 bits per heavy atom. The lowest BCUT2D eigenvalue weighted by molar-refractivity contribution is 0.187. The molecule has 0 aliphatic heterocycles. The van der Waals surface area contributed by atoms with Gasteiger partial charge in [-0.3, -0.25) is 0 Å². The van der Waals surface area contributed by atoms with Crippen molar-refractivity contribution in [3.05, 3.63) is 18.4 Å². The average molecular weight is 127 g/mol. The normalized spacial score (nSPS) is 13.6. The van der Waals surface area contributed by atoms with Gasteiger partial charge in [0.05, 0.1) is 12.3 Å². The molecule has 9 heavy (non-hydrogen) atoms. The van der Waals surface area contributed by atoms with Gasteiger partial charge in [-0.25, -0.2) is 4.98 Å². The van der Waals surface area contributed by atoms with E-state index in [0.29, 0.717) is 6.42 Å². The standard InChI is InChI=1S/C6H9NO2/c1-5(8)2-6-3-7-4-9-6/h3-5,8H,2H2,1H3/t5-/m0/s1. The Labute approximate surface area is 53.3 Å². The molecule has 1 N–H and O–H groups in total. The smallest absolute Gasteiger partial charge is 0.180 e. The Morgan fingerprint density at radius 1 is 1.89 bits per heavy atom. The molecule has 3 heteroatoms. The minimum Gasteiger partial charge on any atom is -0.448 e. The summed E-state index contributed by atoms with van der Waals surface area (Å²) in [6, 6.07) is 0. The minimum atomic E-state index is -0.349. The molecule has 1 atom stereocenters. The van der Waals surface area contributed by atoms with Crippen LogP contribution in [0.2, 0.25) is 0 Å². The van der Waals surface area contributed by atoms with Crippen molar-refractivity contribution in [2.75, 3.05) is 0 Å². The van der Waals surface area contributed by atoms with Crippen LogP contribution in [0.15, 0.2) is 17.0 Å². The van der Waals surface area contributed by atoms with Gasteiger partial charge in [-0.15, -0.1) is 0 Å². The summed E-state index contributed by atoms with van der Waals surface area (Å²) in [5, 5.41) is 8.84. The van der Waals surface area contributed by atoms with Gasteiger partial charge >= 0.3 is 0 Å². The number of aromatic nitrogens is 1. The van der Waals surface area contributed by atoms with E-state index in [-0.39, 0.29) is 6.10 Å². The van der Waals surface area contributed by atoms with E-state index in [1.165, 1.54) is 6.39 Å². The predicted octanol–water partition coefficient (Wildman–Crippen LogP) is 0.598. The molecular weight excluding hydrogens is 118 g/mol. The average Bonchev–Trinajstić information content (AvgIpc) is 2.15. The van der Waals surface area contributed by atoms with Crippen molar-refractivity contribution in [2.24, 2.45) is 0 Å². The highest BCUT2D eigenvalue weighted by Gasteiger charge is 1.99. The van der Waals surface area contributed by atoms with Gasteiger partial charge in [-0.2, -0.15) is 0 Å². The molecule has 3 nitrogen and oxygen atoms in total. The van der Waals surface area contributed by atoms with Gasteiger partial charge in [0.2, 0.25) is 0 Å². The van der Waals surface area contributed by atoms with Crippen LogP contribution < -0.4 is 0 Å². The van der Waals surface area contributed by atoms with E-state index in [4.69, 9.17) is 9.52 Å². The Hall–Kier alpha value is -0.830. The fourth-order valence-corrected chi connectivity index (χ4v) is 0.634. The summed E-state index contributed by atoms with van der Waals surface area (Å²) in [6.45, 7) is 1.71. The van der Waals surface area contributed by atoms with Crippen LogP contribution in [-0.2, 0) is 6.42 Å². The first-order chi connectivity index (χ1) is 4.29. The van der Waals surface area contributed by atoms with E-state index in [1.807, 2.05) is 0 Å². The summed E-state index contributed by atoms with van der Waals surface area (Å²) >= 11 is 0. The van der Waals surface area contributed by atoms with Crippen molar-refractivity contribution in [3.8, 4) is 0 Å². The van der Waals surface area contributed by atoms with Gasteiger partial charge in [0, 0.05) is 6.42 Å². The van der Waals surface area contributed by atoms with Gasteiger partial charge in [-0.1, -0.05) is 0 Å². The fraction of sp³-hybridized carbons (Fsp3) is 0.500. The maximum Gasteiger partial charge on any atom is 0.180 e. The Kier molecular flexibility index (Phi) is 1.85. The Morgan fingerprint density at radius 2 is 2.67 bits per heavy atom. The number of aliphatic hydroxyl groups excluding tert-OH is 1. The molecule has 0 spiro atoms. The number of rotatable bonds is 2. The Bertz CT molecular complexity index is 158. The largest absolute Gasteiger partial charge is 0.448 e. The predicted molar refractivity (Wildman–Crippen MR) is 31.9 cm³/mol. The van der Waals surface area contributed by atoms with Crippen molar-refractivity contribution < 1.29 is 9.52 Å². The maximum atomic E-state index is 8.84. The first kappa shape index (κ1) is 6.29. The SMILES string of the molecule is C[C@H](O)Cc1cnco1. The van der Waals surface area contributed by atoms with Crippen LogP contribution in [0.5, 0.6) is 0 Å². The highest BCUT2D eigenvalue weighted by Crippen LogP contribution is 1.99. The third-order valence-corrected chi connectivity index (χ3v) is 0.980. The lowest BCUT2D eigenvalue weighted by atomic mass is 10.2. The number of hydrogen-bond acceptors (Lipinski definition) is 3. The monoisotopic (exact) mass is 127 g/mol. The molecule has 0 unspecified atom stereocenters. The number of hydrogen-bond donors (Lipinski definition) is 1. The summed E-state index contributed by atoms with van der Waals surface area (Å²) < 4.78 is 4.87. The van der Waals surface area contributed by atoms with E-state index >= 15 is 0 Å². The molecular formula is C6H9NO2. The first-order valence-electron chi connectivity index (χ1n) is 2.84. The van der Waals surface area contributed by atoms with Crippen LogP contribution in [0.3, 0.4) is 0 Å². The molecule has 1 rings (SSSR count). The van der Waals surface area contributed by atoms with Crippen LogP contribution in [0.4, 0.5) is 0 Å². The van der Waals surface area contributed by atoms with Gasteiger partial charge in [0.15, 0.2) is 6.39 Å². The van der Waals surface area contributed by atoms with Gasteiger partial charge in [0.25, 0.3) is 0 Å². The molecule has 0 radical (unpaired) electrons. The molecule has 1 aromatic rings. The van der Waals surface area contributed by atoms with Crippen LogP contribution in [-0.4, -0.2) is 16.2 Å². The van der Waals surface area contributed by atoms with Crippen LogP contribution in [0, 0.1) is 0 Å². The van der Waals surface area contributed by atoms with Gasteiger partial charge in [-0.05, 0) is 6.92 Å². The molecule has 0 aliphatic rings. The van der Waals surface area contributed by atoms with Crippen LogP contribution >= 0.6 is 0 Å².